The summed E-state index contributed by atoms with van der Waals surface area (Å²) in [7, 11) is 0. The molecular formula is C19H29N5O3. The Morgan fingerprint density at radius 2 is 1.89 bits per heavy atom. The molecule has 1 aliphatic heterocycles. The maximum Gasteiger partial charge on any atom is 0.344 e. The predicted molar refractivity (Wildman–Crippen MR) is 99.6 cm³/mol. The molecule has 148 valence electrons. The molecule has 1 aliphatic carbocycles. The molecule has 1 aromatic heterocycles. The molecule has 1 saturated heterocycles. The van der Waals surface area contributed by atoms with Crippen molar-refractivity contribution >= 4 is 17.8 Å². The minimum atomic E-state index is -0.837. The predicted octanol–water partition coefficient (Wildman–Crippen LogP) is 1.98. The highest BCUT2D eigenvalue weighted by Gasteiger charge is 2.52. The minimum absolute atomic E-state index is 0.0832. The molecule has 4 amide bonds. The summed E-state index contributed by atoms with van der Waals surface area (Å²) in [6.07, 6.45) is 4.22. The van der Waals surface area contributed by atoms with Gasteiger partial charge >= 0.3 is 6.03 Å². The molecule has 0 atom stereocenters. The van der Waals surface area contributed by atoms with E-state index in [0.717, 1.165) is 47.8 Å². The van der Waals surface area contributed by atoms with Gasteiger partial charge in [0, 0.05) is 17.8 Å². The zero-order valence-electron chi connectivity index (χ0n) is 16.6. The summed E-state index contributed by atoms with van der Waals surface area (Å²) in [5.74, 6) is -0.284. The van der Waals surface area contributed by atoms with Gasteiger partial charge in [0.2, 0.25) is 5.91 Å². The molecular weight excluding hydrogens is 346 g/mol. The second-order valence-corrected chi connectivity index (χ2v) is 8.15. The lowest BCUT2D eigenvalue weighted by molar-refractivity contribution is -0.139. The number of hydrazine groups is 1. The third-order valence-electron chi connectivity index (χ3n) is 5.51. The van der Waals surface area contributed by atoms with Gasteiger partial charge in [-0.15, -0.1) is 0 Å². The van der Waals surface area contributed by atoms with E-state index in [2.05, 4.69) is 29.7 Å². The van der Waals surface area contributed by atoms with Crippen molar-refractivity contribution in [1.29, 1.82) is 0 Å². The summed E-state index contributed by atoms with van der Waals surface area (Å²) in [6, 6.07) is -0.542. The van der Waals surface area contributed by atoms with Gasteiger partial charge in [0.05, 0.1) is 12.1 Å². The molecule has 8 nitrogen and oxygen atoms in total. The second-order valence-electron chi connectivity index (χ2n) is 8.15. The van der Waals surface area contributed by atoms with Gasteiger partial charge in [0.25, 0.3) is 5.91 Å². The maximum absolute atomic E-state index is 12.8. The highest BCUT2D eigenvalue weighted by Crippen LogP contribution is 2.33. The molecule has 3 rings (SSSR count). The molecule has 1 spiro atoms. The van der Waals surface area contributed by atoms with Crippen LogP contribution in [0.25, 0.3) is 0 Å². The van der Waals surface area contributed by atoms with Crippen molar-refractivity contribution in [3.05, 3.63) is 17.0 Å². The number of hydrogen-bond acceptors (Lipinski definition) is 4. The second kappa shape index (κ2) is 7.32. The fourth-order valence-corrected chi connectivity index (χ4v) is 4.05. The molecule has 1 aromatic rings. The van der Waals surface area contributed by atoms with Crippen LogP contribution in [-0.2, 0) is 22.6 Å². The number of aryl methyl sites for hydroxylation is 1. The van der Waals surface area contributed by atoms with Gasteiger partial charge in [-0.3, -0.25) is 19.7 Å². The Morgan fingerprint density at radius 3 is 2.52 bits per heavy atom. The lowest BCUT2D eigenvalue weighted by Crippen LogP contribution is -2.51. The fourth-order valence-electron chi connectivity index (χ4n) is 4.05. The summed E-state index contributed by atoms with van der Waals surface area (Å²) >= 11 is 0. The zero-order chi connectivity index (χ0) is 19.8. The summed E-state index contributed by atoms with van der Waals surface area (Å²) in [6.45, 7) is 8.82. The number of hydrogen-bond donors (Lipinski definition) is 2. The maximum atomic E-state index is 12.8. The Bertz CT molecular complexity index is 762. The van der Waals surface area contributed by atoms with Gasteiger partial charge in [-0.05, 0) is 32.6 Å². The van der Waals surface area contributed by atoms with E-state index in [0.29, 0.717) is 18.8 Å². The van der Waals surface area contributed by atoms with E-state index in [1.807, 2.05) is 18.5 Å². The number of urea groups is 1. The average Bonchev–Trinajstić information content (AvgIpc) is 2.98. The van der Waals surface area contributed by atoms with Crippen molar-refractivity contribution in [1.82, 2.24) is 25.5 Å². The van der Waals surface area contributed by atoms with E-state index in [4.69, 9.17) is 0 Å². The number of nitrogens with one attached hydrogen (secondary N) is 2. The monoisotopic (exact) mass is 375 g/mol. The van der Waals surface area contributed by atoms with Crippen LogP contribution in [0.1, 0.15) is 62.9 Å². The minimum Gasteiger partial charge on any atom is -0.322 e. The standard InChI is InChI=1S/C19H29N5O3/c1-12(2)11-23-14(4)15(13(3)21-23)10-16(25)22-24-17(26)19(20-18(24)27)8-6-5-7-9-19/h12H,5-11H2,1-4H3,(H,20,27)(H,22,25). The highest BCUT2D eigenvalue weighted by molar-refractivity contribution is 6.08. The number of carbonyl (C=O) groups is 3. The quantitative estimate of drug-likeness (QED) is 0.769. The van der Waals surface area contributed by atoms with Crippen molar-refractivity contribution in [2.45, 2.75) is 78.3 Å². The first-order chi connectivity index (χ1) is 12.7. The molecule has 2 fully saturated rings. The van der Waals surface area contributed by atoms with E-state index in [9.17, 15) is 14.4 Å². The first kappa shape index (κ1) is 19.4. The van der Waals surface area contributed by atoms with Gasteiger partial charge in [-0.1, -0.05) is 33.1 Å². The Labute approximate surface area is 159 Å². The van der Waals surface area contributed by atoms with Crippen LogP contribution in [0.4, 0.5) is 4.79 Å². The van der Waals surface area contributed by atoms with E-state index >= 15 is 0 Å². The summed E-state index contributed by atoms with van der Waals surface area (Å²) in [5, 5.41) is 8.16. The molecule has 0 aromatic carbocycles. The van der Waals surface area contributed by atoms with Crippen molar-refractivity contribution in [3.63, 3.8) is 0 Å². The first-order valence-electron chi connectivity index (χ1n) is 9.72. The number of rotatable bonds is 5. The third-order valence-corrected chi connectivity index (χ3v) is 5.51. The lowest BCUT2D eigenvalue weighted by Gasteiger charge is -2.30. The van der Waals surface area contributed by atoms with Gasteiger partial charge in [-0.25, -0.2) is 4.79 Å². The Hall–Kier alpha value is -2.38. The van der Waals surface area contributed by atoms with E-state index in [-0.39, 0.29) is 18.2 Å². The number of imide groups is 1. The largest absolute Gasteiger partial charge is 0.344 e. The molecule has 0 radical (unpaired) electrons. The third kappa shape index (κ3) is 3.70. The highest BCUT2D eigenvalue weighted by atomic mass is 16.2. The first-order valence-corrected chi connectivity index (χ1v) is 9.72. The molecule has 27 heavy (non-hydrogen) atoms. The fraction of sp³-hybridized carbons (Fsp3) is 0.684. The molecule has 2 heterocycles. The number of aromatic nitrogens is 2. The lowest BCUT2D eigenvalue weighted by atomic mass is 9.82. The van der Waals surface area contributed by atoms with Crippen LogP contribution < -0.4 is 10.7 Å². The normalized spacial score (nSPS) is 19.1. The molecule has 0 unspecified atom stereocenters. The van der Waals surface area contributed by atoms with Crippen LogP contribution >= 0.6 is 0 Å². The SMILES string of the molecule is Cc1nn(CC(C)C)c(C)c1CC(=O)NN1C(=O)NC2(CCCCC2)C1=O. The van der Waals surface area contributed by atoms with Crippen LogP contribution in [0.2, 0.25) is 0 Å². The van der Waals surface area contributed by atoms with E-state index in [1.54, 1.807) is 0 Å². The van der Waals surface area contributed by atoms with E-state index in [1.165, 1.54) is 0 Å². The number of carbonyl (C=O) groups excluding carboxylic acids is 3. The van der Waals surface area contributed by atoms with Crippen molar-refractivity contribution in [2.75, 3.05) is 0 Å². The Kier molecular flexibility index (Phi) is 5.26. The summed E-state index contributed by atoms with van der Waals surface area (Å²) < 4.78 is 1.91. The van der Waals surface area contributed by atoms with Gasteiger partial charge < -0.3 is 5.32 Å². The van der Waals surface area contributed by atoms with Crippen molar-refractivity contribution < 1.29 is 14.4 Å². The van der Waals surface area contributed by atoms with Crippen LogP contribution in [0.3, 0.4) is 0 Å². The summed E-state index contributed by atoms with van der Waals surface area (Å²) in [4.78, 5) is 37.6. The van der Waals surface area contributed by atoms with Gasteiger partial charge in [-0.2, -0.15) is 10.1 Å². The van der Waals surface area contributed by atoms with Gasteiger partial charge in [0.1, 0.15) is 5.54 Å². The topological polar surface area (TPSA) is 96.3 Å². The van der Waals surface area contributed by atoms with Crippen LogP contribution in [0.15, 0.2) is 0 Å². The molecule has 1 saturated carbocycles. The number of nitrogens with zero attached hydrogens (tertiary/aromatic N) is 3. The summed E-state index contributed by atoms with van der Waals surface area (Å²) in [5.41, 5.74) is 4.24. The average molecular weight is 375 g/mol. The molecule has 2 aliphatic rings. The zero-order valence-corrected chi connectivity index (χ0v) is 16.6. The van der Waals surface area contributed by atoms with Crippen molar-refractivity contribution in [2.24, 2.45) is 5.92 Å². The van der Waals surface area contributed by atoms with Crippen LogP contribution in [0.5, 0.6) is 0 Å². The molecule has 2 N–H and O–H groups in total. The number of amides is 4. The van der Waals surface area contributed by atoms with Crippen LogP contribution in [0, 0.1) is 19.8 Å². The molecule has 0 bridgehead atoms. The Balaban J connectivity index is 1.69. The Morgan fingerprint density at radius 1 is 1.22 bits per heavy atom. The van der Waals surface area contributed by atoms with Crippen molar-refractivity contribution in [3.8, 4) is 0 Å². The van der Waals surface area contributed by atoms with Gasteiger partial charge in [0.15, 0.2) is 0 Å². The smallest absolute Gasteiger partial charge is 0.322 e. The van der Waals surface area contributed by atoms with Crippen LogP contribution in [-0.4, -0.2) is 38.2 Å². The van der Waals surface area contributed by atoms with E-state index < -0.39 is 11.6 Å². The molecule has 8 heteroatoms.